The van der Waals surface area contributed by atoms with Crippen molar-refractivity contribution in [1.82, 2.24) is 0 Å². The Morgan fingerprint density at radius 3 is 1.95 bits per heavy atom. The van der Waals surface area contributed by atoms with E-state index in [1.807, 2.05) is 54.6 Å². The zero-order valence-corrected chi connectivity index (χ0v) is 14.0. The number of benzene rings is 2. The third-order valence-electron chi connectivity index (χ3n) is 3.59. The molecule has 21 heavy (non-hydrogen) atoms. The van der Waals surface area contributed by atoms with E-state index in [-0.39, 0.29) is 18.9 Å². The monoisotopic (exact) mass is 287 g/mol. The number of hydrogen-bond donors (Lipinski definition) is 1. The zero-order valence-electron chi connectivity index (χ0n) is 13.0. The smallest absolute Gasteiger partial charge is 0.517 e. The quantitative estimate of drug-likeness (QED) is 0.510. The molecule has 0 spiro atoms. The molecule has 0 heterocycles. The number of aliphatic hydroxyl groups is 1. The van der Waals surface area contributed by atoms with Crippen LogP contribution in [0.3, 0.4) is 0 Å². The SMILES string of the molecule is C=C(/C=C(/O)[Si](C)(C)c1ccccc1)c1ccccc1.[Li+]. The van der Waals surface area contributed by atoms with Gasteiger partial charge in [-0.05, 0) is 17.2 Å². The fourth-order valence-electron chi connectivity index (χ4n) is 2.08. The molecule has 0 saturated heterocycles. The van der Waals surface area contributed by atoms with E-state index in [2.05, 4.69) is 31.8 Å². The van der Waals surface area contributed by atoms with Crippen LogP contribution in [0.15, 0.2) is 78.7 Å². The molecule has 0 fully saturated rings. The Labute approximate surface area is 140 Å². The van der Waals surface area contributed by atoms with Crippen molar-refractivity contribution in [1.29, 1.82) is 0 Å². The molecule has 0 unspecified atom stereocenters. The number of allylic oxidation sites excluding steroid dienone is 2. The molecule has 0 amide bonds. The van der Waals surface area contributed by atoms with Gasteiger partial charge in [0.25, 0.3) is 0 Å². The molecule has 0 aliphatic carbocycles. The molecule has 1 nitrogen and oxygen atoms in total. The Hall–Kier alpha value is -1.47. The van der Waals surface area contributed by atoms with Crippen molar-refractivity contribution in [2.75, 3.05) is 0 Å². The van der Waals surface area contributed by atoms with Crippen LogP contribution in [0.5, 0.6) is 0 Å². The molecule has 2 aromatic carbocycles. The van der Waals surface area contributed by atoms with E-state index >= 15 is 0 Å². The van der Waals surface area contributed by atoms with Crippen molar-refractivity contribution in [3.05, 3.63) is 84.3 Å². The summed E-state index contributed by atoms with van der Waals surface area (Å²) in [5, 5.41) is 12.2. The van der Waals surface area contributed by atoms with E-state index in [0.29, 0.717) is 5.38 Å². The summed E-state index contributed by atoms with van der Waals surface area (Å²) >= 11 is 0. The van der Waals surface area contributed by atoms with Crippen molar-refractivity contribution in [3.63, 3.8) is 0 Å². The standard InChI is InChI=1S/C18H20OSi.Li/c1-15(16-10-6-4-7-11-16)14-18(19)20(2,3)17-12-8-5-9-13-17;/h4-14,19H,1H2,2-3H3;/q;+1/b18-14-;. The summed E-state index contributed by atoms with van der Waals surface area (Å²) in [5.74, 6) is 0. The molecule has 0 atom stereocenters. The maximum absolute atomic E-state index is 10.5. The average molecular weight is 287 g/mol. The summed E-state index contributed by atoms with van der Waals surface area (Å²) in [6.07, 6.45) is 1.81. The van der Waals surface area contributed by atoms with Gasteiger partial charge in [-0.2, -0.15) is 0 Å². The van der Waals surface area contributed by atoms with Gasteiger partial charge < -0.3 is 5.11 Å². The van der Waals surface area contributed by atoms with Gasteiger partial charge in [-0.3, -0.25) is 0 Å². The average Bonchev–Trinajstić information content (AvgIpc) is 2.49. The molecule has 0 aliphatic heterocycles. The maximum atomic E-state index is 10.5. The molecule has 0 saturated carbocycles. The van der Waals surface area contributed by atoms with Crippen LogP contribution in [0, 0.1) is 0 Å². The number of aliphatic hydroxyl groups excluding tert-OH is 1. The van der Waals surface area contributed by atoms with Gasteiger partial charge in [0.05, 0.1) is 5.38 Å². The van der Waals surface area contributed by atoms with Gasteiger partial charge in [0, 0.05) is 0 Å². The Bertz CT molecular complexity index is 618. The fraction of sp³-hybridized carbons (Fsp3) is 0.111. The molecular formula is C18H20LiOSi+. The predicted molar refractivity (Wildman–Crippen MR) is 89.7 cm³/mol. The molecule has 2 rings (SSSR count). The summed E-state index contributed by atoms with van der Waals surface area (Å²) < 4.78 is 0. The van der Waals surface area contributed by atoms with E-state index in [0.717, 1.165) is 11.1 Å². The first-order valence-corrected chi connectivity index (χ1v) is 9.73. The zero-order chi connectivity index (χ0) is 14.6. The van der Waals surface area contributed by atoms with Crippen LogP contribution in [0.25, 0.3) is 5.57 Å². The Morgan fingerprint density at radius 1 is 0.952 bits per heavy atom. The van der Waals surface area contributed by atoms with Crippen molar-refractivity contribution in [2.24, 2.45) is 0 Å². The first kappa shape index (κ1) is 17.6. The van der Waals surface area contributed by atoms with Crippen LogP contribution in [-0.2, 0) is 0 Å². The van der Waals surface area contributed by atoms with Crippen molar-refractivity contribution < 1.29 is 24.0 Å². The molecule has 102 valence electrons. The topological polar surface area (TPSA) is 20.2 Å². The third kappa shape index (κ3) is 4.25. The molecule has 0 bridgehead atoms. The fourth-order valence-corrected chi connectivity index (χ4v) is 3.94. The Kier molecular flexibility index (Phi) is 6.29. The minimum Gasteiger partial charge on any atom is -0.517 e. The second kappa shape index (κ2) is 7.52. The van der Waals surface area contributed by atoms with Gasteiger partial charge in [-0.1, -0.05) is 85.5 Å². The van der Waals surface area contributed by atoms with Gasteiger partial charge in [-0.25, -0.2) is 0 Å². The minimum atomic E-state index is -2.02. The van der Waals surface area contributed by atoms with Crippen molar-refractivity contribution in [2.45, 2.75) is 13.1 Å². The van der Waals surface area contributed by atoms with Crippen LogP contribution in [-0.4, -0.2) is 13.2 Å². The Morgan fingerprint density at radius 2 is 1.43 bits per heavy atom. The summed E-state index contributed by atoms with van der Waals surface area (Å²) in [7, 11) is -2.02. The first-order chi connectivity index (χ1) is 9.51. The van der Waals surface area contributed by atoms with Gasteiger partial charge >= 0.3 is 18.9 Å². The van der Waals surface area contributed by atoms with Crippen LogP contribution in [0.4, 0.5) is 0 Å². The van der Waals surface area contributed by atoms with Gasteiger partial charge in [0.2, 0.25) is 0 Å². The van der Waals surface area contributed by atoms with Crippen molar-refractivity contribution >= 4 is 18.8 Å². The Balaban J connectivity index is 0.00000220. The third-order valence-corrected chi connectivity index (χ3v) is 6.79. The minimum absolute atomic E-state index is 0. The number of rotatable bonds is 4. The summed E-state index contributed by atoms with van der Waals surface area (Å²) in [6.45, 7) is 8.35. The van der Waals surface area contributed by atoms with Crippen LogP contribution in [0.1, 0.15) is 5.56 Å². The number of hydrogen-bond acceptors (Lipinski definition) is 1. The van der Waals surface area contributed by atoms with E-state index in [9.17, 15) is 5.11 Å². The van der Waals surface area contributed by atoms with Crippen molar-refractivity contribution in [3.8, 4) is 0 Å². The van der Waals surface area contributed by atoms with E-state index in [1.54, 1.807) is 0 Å². The molecular weight excluding hydrogens is 267 g/mol. The second-order valence-electron chi connectivity index (χ2n) is 5.41. The van der Waals surface area contributed by atoms with Gasteiger partial charge in [-0.15, -0.1) is 0 Å². The molecule has 0 radical (unpaired) electrons. The van der Waals surface area contributed by atoms with E-state index in [4.69, 9.17) is 0 Å². The first-order valence-electron chi connectivity index (χ1n) is 6.73. The normalized spacial score (nSPS) is 11.6. The predicted octanol–water partition coefficient (Wildman–Crippen LogP) is 1.30. The van der Waals surface area contributed by atoms with Crippen LogP contribution < -0.4 is 24.0 Å². The maximum Gasteiger partial charge on any atom is 1.00 e. The second-order valence-corrected chi connectivity index (χ2v) is 9.75. The largest absolute Gasteiger partial charge is 1.00 e. The summed E-state index contributed by atoms with van der Waals surface area (Å²) in [6, 6.07) is 20.1. The molecule has 1 N–H and O–H groups in total. The van der Waals surface area contributed by atoms with Gasteiger partial charge in [0.1, 0.15) is 0 Å². The molecule has 0 aliphatic rings. The summed E-state index contributed by atoms with van der Waals surface area (Å²) in [4.78, 5) is 0. The molecule has 3 heteroatoms. The summed E-state index contributed by atoms with van der Waals surface area (Å²) in [5.41, 5.74) is 1.89. The van der Waals surface area contributed by atoms with Crippen LogP contribution in [0.2, 0.25) is 13.1 Å². The molecule has 0 aromatic heterocycles. The molecule has 2 aromatic rings. The van der Waals surface area contributed by atoms with E-state index < -0.39 is 8.07 Å². The van der Waals surface area contributed by atoms with Crippen LogP contribution >= 0.6 is 0 Å². The van der Waals surface area contributed by atoms with E-state index in [1.165, 1.54) is 5.19 Å². The van der Waals surface area contributed by atoms with Gasteiger partial charge in [0.15, 0.2) is 8.07 Å².